The third kappa shape index (κ3) is 1.34. The molecule has 0 atom stereocenters. The zero-order valence-electron chi connectivity index (χ0n) is 5.83. The van der Waals surface area contributed by atoms with Crippen molar-refractivity contribution in [3.63, 3.8) is 0 Å². The van der Waals surface area contributed by atoms with Crippen molar-refractivity contribution in [2.24, 2.45) is 0 Å². The van der Waals surface area contributed by atoms with E-state index in [0.29, 0.717) is 11.5 Å². The first kappa shape index (κ1) is 6.80. The van der Waals surface area contributed by atoms with E-state index in [9.17, 15) is 4.79 Å². The van der Waals surface area contributed by atoms with Gasteiger partial charge in [0.15, 0.2) is 5.78 Å². The second-order valence-corrected chi connectivity index (χ2v) is 1.95. The summed E-state index contributed by atoms with van der Waals surface area (Å²) in [5, 5.41) is 7.23. The summed E-state index contributed by atoms with van der Waals surface area (Å²) in [7, 11) is 0. The van der Waals surface area contributed by atoms with Crippen LogP contribution in [0, 0.1) is 6.92 Å². The van der Waals surface area contributed by atoms with E-state index in [2.05, 4.69) is 15.2 Å². The van der Waals surface area contributed by atoms with Crippen molar-refractivity contribution in [2.45, 2.75) is 13.8 Å². The lowest BCUT2D eigenvalue weighted by atomic mass is 10.3. The fourth-order valence-electron chi connectivity index (χ4n) is 0.494. The Morgan fingerprint density at radius 3 is 2.60 bits per heavy atom. The molecule has 0 unspecified atom stereocenters. The van der Waals surface area contributed by atoms with Crippen LogP contribution in [0.3, 0.4) is 0 Å². The van der Waals surface area contributed by atoms with E-state index in [0.717, 1.165) is 0 Å². The number of aryl methyl sites for hydroxylation is 1. The molecule has 0 aliphatic heterocycles. The minimum atomic E-state index is -0.111. The second kappa shape index (κ2) is 2.51. The minimum Gasteiger partial charge on any atom is -0.293 e. The highest BCUT2D eigenvalue weighted by Crippen LogP contribution is 1.90. The number of nitrogens with zero attached hydrogens (tertiary/aromatic N) is 3. The Balaban J connectivity index is 3.00. The molecule has 1 rings (SSSR count). The molecule has 0 bridgehead atoms. The average Bonchev–Trinajstić information content (AvgIpc) is 1.88. The van der Waals surface area contributed by atoms with Gasteiger partial charge in [0, 0.05) is 6.92 Å². The lowest BCUT2D eigenvalue weighted by Gasteiger charge is -1.90. The van der Waals surface area contributed by atoms with Gasteiger partial charge in [-0.2, -0.15) is 0 Å². The fourth-order valence-corrected chi connectivity index (χ4v) is 0.494. The van der Waals surface area contributed by atoms with Crippen LogP contribution in [0.1, 0.15) is 23.2 Å². The normalized spacial score (nSPS) is 9.40. The number of ketones is 1. The van der Waals surface area contributed by atoms with Gasteiger partial charge in [-0.1, -0.05) is 0 Å². The molecule has 0 fully saturated rings. The molecule has 0 aliphatic rings. The molecule has 0 amide bonds. The molecule has 52 valence electrons. The largest absolute Gasteiger partial charge is 0.293 e. The smallest absolute Gasteiger partial charge is 0.181 e. The van der Waals surface area contributed by atoms with Crippen LogP contribution in [-0.2, 0) is 0 Å². The van der Waals surface area contributed by atoms with Crippen LogP contribution >= 0.6 is 0 Å². The Hall–Kier alpha value is -1.32. The minimum absolute atomic E-state index is 0.111. The van der Waals surface area contributed by atoms with Gasteiger partial charge in [-0.05, 0) is 6.92 Å². The Labute approximate surface area is 58.3 Å². The maximum atomic E-state index is 10.6. The molecule has 0 saturated carbocycles. The van der Waals surface area contributed by atoms with Gasteiger partial charge < -0.3 is 0 Å². The van der Waals surface area contributed by atoms with Crippen molar-refractivity contribution in [1.82, 2.24) is 15.2 Å². The van der Waals surface area contributed by atoms with Crippen molar-refractivity contribution >= 4 is 5.78 Å². The summed E-state index contributed by atoms with van der Waals surface area (Å²) in [6, 6.07) is 0. The third-order valence-corrected chi connectivity index (χ3v) is 1.04. The van der Waals surface area contributed by atoms with Crippen LogP contribution in [0.5, 0.6) is 0 Å². The van der Waals surface area contributed by atoms with Gasteiger partial charge in [-0.25, -0.2) is 4.98 Å². The van der Waals surface area contributed by atoms with E-state index >= 15 is 0 Å². The summed E-state index contributed by atoms with van der Waals surface area (Å²) < 4.78 is 0. The van der Waals surface area contributed by atoms with Gasteiger partial charge in [0.1, 0.15) is 11.5 Å². The highest BCUT2D eigenvalue weighted by molar-refractivity contribution is 5.91. The topological polar surface area (TPSA) is 55.7 Å². The molecule has 0 aromatic carbocycles. The van der Waals surface area contributed by atoms with Crippen LogP contribution in [0.4, 0.5) is 0 Å². The van der Waals surface area contributed by atoms with Gasteiger partial charge in [-0.3, -0.25) is 4.79 Å². The van der Waals surface area contributed by atoms with Crippen LogP contribution in [0.15, 0.2) is 6.20 Å². The molecule has 4 heteroatoms. The van der Waals surface area contributed by atoms with Gasteiger partial charge in [0.25, 0.3) is 0 Å². The summed E-state index contributed by atoms with van der Waals surface area (Å²) in [6.07, 6.45) is 1.42. The molecular weight excluding hydrogens is 130 g/mol. The predicted molar refractivity (Wildman–Crippen MR) is 34.6 cm³/mol. The Bertz CT molecular complexity index is 242. The number of hydrogen-bond acceptors (Lipinski definition) is 4. The van der Waals surface area contributed by atoms with E-state index in [-0.39, 0.29) is 5.78 Å². The molecule has 0 saturated heterocycles. The number of hydrogen-bond donors (Lipinski definition) is 0. The Morgan fingerprint density at radius 1 is 1.50 bits per heavy atom. The van der Waals surface area contributed by atoms with E-state index < -0.39 is 0 Å². The highest BCUT2D eigenvalue weighted by atomic mass is 16.1. The van der Waals surface area contributed by atoms with Gasteiger partial charge in [0.05, 0.1) is 6.20 Å². The average molecular weight is 137 g/mol. The van der Waals surface area contributed by atoms with Crippen LogP contribution in [0.25, 0.3) is 0 Å². The van der Waals surface area contributed by atoms with Crippen LogP contribution in [-0.4, -0.2) is 21.0 Å². The molecule has 0 N–H and O–H groups in total. The molecule has 10 heavy (non-hydrogen) atoms. The van der Waals surface area contributed by atoms with Gasteiger partial charge in [-0.15, -0.1) is 10.2 Å². The first-order valence-corrected chi connectivity index (χ1v) is 2.87. The van der Waals surface area contributed by atoms with Crippen LogP contribution < -0.4 is 0 Å². The number of aromatic nitrogens is 3. The standard InChI is InChI=1S/C6H7N3O/c1-4(10)6-3-7-5(2)8-9-6/h3H,1-2H3. The number of carbonyl (C=O) groups is 1. The maximum absolute atomic E-state index is 10.6. The van der Waals surface area contributed by atoms with Crippen molar-refractivity contribution in [1.29, 1.82) is 0 Å². The number of rotatable bonds is 1. The molecule has 0 spiro atoms. The first-order chi connectivity index (χ1) is 4.70. The second-order valence-electron chi connectivity index (χ2n) is 1.95. The van der Waals surface area contributed by atoms with Crippen molar-refractivity contribution in [3.05, 3.63) is 17.7 Å². The summed E-state index contributed by atoms with van der Waals surface area (Å²) >= 11 is 0. The molecule has 1 aromatic heterocycles. The number of Topliss-reactive ketones (excluding diaryl/α,β-unsaturated/α-hetero) is 1. The monoisotopic (exact) mass is 137 g/mol. The van der Waals surface area contributed by atoms with Crippen molar-refractivity contribution in [3.8, 4) is 0 Å². The van der Waals surface area contributed by atoms with Crippen LogP contribution in [0.2, 0.25) is 0 Å². The molecule has 4 nitrogen and oxygen atoms in total. The molecule has 0 radical (unpaired) electrons. The molecule has 0 aliphatic carbocycles. The summed E-state index contributed by atoms with van der Waals surface area (Å²) in [5.41, 5.74) is 0.311. The number of carbonyl (C=O) groups excluding carboxylic acids is 1. The third-order valence-electron chi connectivity index (χ3n) is 1.04. The summed E-state index contributed by atoms with van der Waals surface area (Å²) in [5.74, 6) is 0.463. The predicted octanol–water partition coefficient (Wildman–Crippen LogP) is 0.383. The molecule has 1 heterocycles. The van der Waals surface area contributed by atoms with E-state index in [1.165, 1.54) is 13.1 Å². The van der Waals surface area contributed by atoms with Crippen molar-refractivity contribution < 1.29 is 4.79 Å². The lowest BCUT2D eigenvalue weighted by molar-refractivity contribution is 0.101. The molecule has 1 aromatic rings. The quantitative estimate of drug-likeness (QED) is 0.525. The van der Waals surface area contributed by atoms with Gasteiger partial charge >= 0.3 is 0 Å². The highest BCUT2D eigenvalue weighted by Gasteiger charge is 1.99. The summed E-state index contributed by atoms with van der Waals surface area (Å²) in [4.78, 5) is 14.4. The van der Waals surface area contributed by atoms with E-state index in [4.69, 9.17) is 0 Å². The maximum Gasteiger partial charge on any atom is 0.181 e. The SMILES string of the molecule is CC(=O)c1cnc(C)nn1. The first-order valence-electron chi connectivity index (χ1n) is 2.87. The van der Waals surface area contributed by atoms with E-state index in [1.807, 2.05) is 0 Å². The van der Waals surface area contributed by atoms with Crippen molar-refractivity contribution in [2.75, 3.05) is 0 Å². The van der Waals surface area contributed by atoms with Gasteiger partial charge in [0.2, 0.25) is 0 Å². The van der Waals surface area contributed by atoms with E-state index in [1.54, 1.807) is 6.92 Å². The lowest BCUT2D eigenvalue weighted by Crippen LogP contribution is -2.01. The Morgan fingerprint density at radius 2 is 2.20 bits per heavy atom. The summed E-state index contributed by atoms with van der Waals surface area (Å²) in [6.45, 7) is 3.15. The zero-order valence-corrected chi connectivity index (χ0v) is 5.83. The Kier molecular flexibility index (Phi) is 1.71. The zero-order chi connectivity index (χ0) is 7.56. The fraction of sp³-hybridized carbons (Fsp3) is 0.333. The molecular formula is C6H7N3O.